The van der Waals surface area contributed by atoms with Gasteiger partial charge in [-0.2, -0.15) is 0 Å². The molecule has 1 N–H and O–H groups in total. The summed E-state index contributed by atoms with van der Waals surface area (Å²) in [4.78, 5) is 4.60. The molecule has 0 aliphatic heterocycles. The Hall–Kier alpha value is -0.410. The van der Waals surface area contributed by atoms with Gasteiger partial charge < -0.3 is 5.32 Å². The Bertz CT molecular complexity index is 292. The highest BCUT2D eigenvalue weighted by Gasteiger charge is 2.08. The van der Waals surface area contributed by atoms with E-state index in [0.29, 0.717) is 17.9 Å². The number of nitrogens with one attached hydrogen (secondary N) is 1. The smallest absolute Gasteiger partial charge is 0.0954 e. The highest BCUT2D eigenvalue weighted by atomic mass is 32.1. The maximum atomic E-state index is 4.60. The Morgan fingerprint density at radius 2 is 1.93 bits per heavy atom. The molecule has 0 spiro atoms. The van der Waals surface area contributed by atoms with E-state index < -0.39 is 0 Å². The molecule has 0 aliphatic rings. The Morgan fingerprint density at radius 1 is 1.27 bits per heavy atom. The summed E-state index contributed by atoms with van der Waals surface area (Å²) in [6.45, 7) is 12.0. The van der Waals surface area contributed by atoms with Gasteiger partial charge in [0.2, 0.25) is 0 Å². The lowest BCUT2D eigenvalue weighted by atomic mass is 10.1. The summed E-state index contributed by atoms with van der Waals surface area (Å²) in [6.07, 6.45) is 0. The van der Waals surface area contributed by atoms with Gasteiger partial charge in [0.25, 0.3) is 0 Å². The van der Waals surface area contributed by atoms with E-state index in [2.05, 4.69) is 50.3 Å². The minimum Gasteiger partial charge on any atom is -0.308 e. The van der Waals surface area contributed by atoms with Crippen molar-refractivity contribution in [1.29, 1.82) is 0 Å². The van der Waals surface area contributed by atoms with Gasteiger partial charge in [0.05, 0.1) is 10.7 Å². The second-order valence-electron chi connectivity index (χ2n) is 4.75. The van der Waals surface area contributed by atoms with Crippen LogP contribution in [0.25, 0.3) is 0 Å². The quantitative estimate of drug-likeness (QED) is 0.832. The molecule has 15 heavy (non-hydrogen) atoms. The number of aromatic nitrogens is 1. The van der Waals surface area contributed by atoms with Crippen molar-refractivity contribution < 1.29 is 0 Å². The second-order valence-corrected chi connectivity index (χ2v) is 5.64. The van der Waals surface area contributed by atoms with Crippen molar-refractivity contribution in [3.8, 4) is 0 Å². The van der Waals surface area contributed by atoms with Gasteiger partial charge in [-0.05, 0) is 12.8 Å². The van der Waals surface area contributed by atoms with Crippen molar-refractivity contribution in [3.63, 3.8) is 0 Å². The van der Waals surface area contributed by atoms with Gasteiger partial charge in [-0.25, -0.2) is 4.98 Å². The van der Waals surface area contributed by atoms with Gasteiger partial charge in [0, 0.05) is 23.9 Å². The molecule has 2 nitrogen and oxygen atoms in total. The number of hydrogen-bond donors (Lipinski definition) is 1. The van der Waals surface area contributed by atoms with E-state index in [1.807, 2.05) is 0 Å². The molecule has 3 heteroatoms. The largest absolute Gasteiger partial charge is 0.308 e. The number of rotatable bonds is 5. The third-order valence-electron chi connectivity index (χ3n) is 2.67. The zero-order chi connectivity index (χ0) is 11.4. The van der Waals surface area contributed by atoms with Crippen LogP contribution in [0.1, 0.15) is 51.2 Å². The molecule has 1 aromatic rings. The first-order valence-electron chi connectivity index (χ1n) is 5.68. The number of thiazole rings is 1. The number of hydrogen-bond acceptors (Lipinski definition) is 3. The minimum atomic E-state index is 0.547. The molecule has 86 valence electrons. The van der Waals surface area contributed by atoms with Crippen LogP contribution >= 0.6 is 11.3 Å². The molecule has 0 saturated carbocycles. The zero-order valence-electron chi connectivity index (χ0n) is 10.4. The second kappa shape index (κ2) is 5.61. The molecule has 1 unspecified atom stereocenters. The first kappa shape index (κ1) is 12.7. The van der Waals surface area contributed by atoms with Gasteiger partial charge in [-0.15, -0.1) is 11.3 Å². The van der Waals surface area contributed by atoms with Crippen molar-refractivity contribution >= 4 is 11.3 Å². The molecule has 1 aromatic heterocycles. The fourth-order valence-electron chi connectivity index (χ4n) is 1.17. The van der Waals surface area contributed by atoms with Crippen LogP contribution in [0.3, 0.4) is 0 Å². The molecular formula is C12H22N2S. The molecule has 0 amide bonds. The highest BCUT2D eigenvalue weighted by molar-refractivity contribution is 7.09. The summed E-state index contributed by atoms with van der Waals surface area (Å²) in [5.74, 6) is 1.22. The van der Waals surface area contributed by atoms with E-state index in [1.165, 1.54) is 10.7 Å². The topological polar surface area (TPSA) is 24.9 Å². The molecule has 1 rings (SSSR count). The van der Waals surface area contributed by atoms with E-state index in [4.69, 9.17) is 0 Å². The molecule has 0 aromatic carbocycles. The van der Waals surface area contributed by atoms with Crippen molar-refractivity contribution in [2.45, 2.75) is 53.1 Å². The lowest BCUT2D eigenvalue weighted by Gasteiger charge is -2.16. The van der Waals surface area contributed by atoms with Crippen molar-refractivity contribution in [2.75, 3.05) is 0 Å². The first-order chi connectivity index (χ1) is 7.00. The third kappa shape index (κ3) is 3.92. The summed E-state index contributed by atoms with van der Waals surface area (Å²) < 4.78 is 0. The lowest BCUT2D eigenvalue weighted by molar-refractivity contribution is 0.424. The van der Waals surface area contributed by atoms with Crippen LogP contribution in [0.4, 0.5) is 0 Å². The first-order valence-corrected chi connectivity index (χ1v) is 6.56. The van der Waals surface area contributed by atoms with E-state index in [1.54, 1.807) is 11.3 Å². The van der Waals surface area contributed by atoms with E-state index in [9.17, 15) is 0 Å². The predicted molar refractivity (Wildman–Crippen MR) is 67.3 cm³/mol. The van der Waals surface area contributed by atoms with Crippen LogP contribution in [0.2, 0.25) is 0 Å². The maximum absolute atomic E-state index is 4.60. The van der Waals surface area contributed by atoms with Crippen LogP contribution in [0.5, 0.6) is 0 Å². The normalized spacial score (nSPS) is 13.8. The van der Waals surface area contributed by atoms with E-state index in [0.717, 1.165) is 6.54 Å². The SMILES string of the molecule is CC(C)c1nc(CNC(C)C(C)C)cs1. The fraction of sp³-hybridized carbons (Fsp3) is 0.750. The Labute approximate surface area is 97.1 Å². The molecular weight excluding hydrogens is 204 g/mol. The summed E-state index contributed by atoms with van der Waals surface area (Å²) >= 11 is 1.77. The summed E-state index contributed by atoms with van der Waals surface area (Å²) in [6, 6.07) is 0.550. The van der Waals surface area contributed by atoms with Crippen LogP contribution in [-0.4, -0.2) is 11.0 Å². The van der Waals surface area contributed by atoms with Gasteiger partial charge in [-0.3, -0.25) is 0 Å². The van der Waals surface area contributed by atoms with E-state index >= 15 is 0 Å². The van der Waals surface area contributed by atoms with Crippen LogP contribution < -0.4 is 5.32 Å². The maximum Gasteiger partial charge on any atom is 0.0954 e. The van der Waals surface area contributed by atoms with Crippen LogP contribution in [-0.2, 0) is 6.54 Å². The van der Waals surface area contributed by atoms with Gasteiger partial charge in [0.1, 0.15) is 0 Å². The Kier molecular flexibility index (Phi) is 4.74. The summed E-state index contributed by atoms with van der Waals surface area (Å²) in [5, 5.41) is 6.90. The molecule has 0 saturated heterocycles. The molecule has 0 bridgehead atoms. The minimum absolute atomic E-state index is 0.547. The molecule has 0 aliphatic carbocycles. The van der Waals surface area contributed by atoms with Gasteiger partial charge >= 0.3 is 0 Å². The molecule has 1 heterocycles. The zero-order valence-corrected chi connectivity index (χ0v) is 11.2. The average Bonchev–Trinajstić information content (AvgIpc) is 2.62. The summed E-state index contributed by atoms with van der Waals surface area (Å²) in [5.41, 5.74) is 1.18. The molecule has 0 radical (unpaired) electrons. The average molecular weight is 226 g/mol. The number of nitrogens with zero attached hydrogens (tertiary/aromatic N) is 1. The van der Waals surface area contributed by atoms with Crippen molar-refractivity contribution in [2.24, 2.45) is 5.92 Å². The van der Waals surface area contributed by atoms with Crippen LogP contribution in [0, 0.1) is 5.92 Å². The standard InChI is InChI=1S/C12H22N2S/c1-8(2)10(5)13-6-11-7-15-12(14-11)9(3)4/h7-10,13H,6H2,1-5H3. The lowest BCUT2D eigenvalue weighted by Crippen LogP contribution is -2.30. The molecule has 0 fully saturated rings. The van der Waals surface area contributed by atoms with Gasteiger partial charge in [-0.1, -0.05) is 27.7 Å². The van der Waals surface area contributed by atoms with Gasteiger partial charge in [0.15, 0.2) is 0 Å². The van der Waals surface area contributed by atoms with Crippen molar-refractivity contribution in [3.05, 3.63) is 16.1 Å². The highest BCUT2D eigenvalue weighted by Crippen LogP contribution is 2.19. The monoisotopic (exact) mass is 226 g/mol. The predicted octanol–water partition coefficient (Wildman–Crippen LogP) is 3.40. The van der Waals surface area contributed by atoms with Crippen molar-refractivity contribution in [1.82, 2.24) is 10.3 Å². The van der Waals surface area contributed by atoms with E-state index in [-0.39, 0.29) is 0 Å². The molecule has 1 atom stereocenters. The summed E-state index contributed by atoms with van der Waals surface area (Å²) in [7, 11) is 0. The Balaban J connectivity index is 2.44. The fourth-order valence-corrected chi connectivity index (χ4v) is 2.01. The Morgan fingerprint density at radius 3 is 2.40 bits per heavy atom. The van der Waals surface area contributed by atoms with Crippen LogP contribution in [0.15, 0.2) is 5.38 Å². The third-order valence-corrected chi connectivity index (χ3v) is 3.86.